The molecule has 1 amide bonds. The molecule has 0 unspecified atom stereocenters. The summed E-state index contributed by atoms with van der Waals surface area (Å²) in [6.07, 6.45) is 8.33. The van der Waals surface area contributed by atoms with Crippen LogP contribution in [0.5, 0.6) is 0 Å². The van der Waals surface area contributed by atoms with E-state index in [0.717, 1.165) is 28.2 Å². The molecular weight excluding hydrogens is 392 g/mol. The summed E-state index contributed by atoms with van der Waals surface area (Å²) in [5, 5.41) is 11.0. The first-order valence-electron chi connectivity index (χ1n) is 10.3. The van der Waals surface area contributed by atoms with E-state index in [1.165, 1.54) is 18.4 Å². The Labute approximate surface area is 179 Å². The van der Waals surface area contributed by atoms with Crippen LogP contribution in [0.25, 0.3) is 5.65 Å². The maximum Gasteiger partial charge on any atom is 0.273 e. The summed E-state index contributed by atoms with van der Waals surface area (Å²) < 4.78 is 3.68. The van der Waals surface area contributed by atoms with E-state index in [0.29, 0.717) is 24.8 Å². The van der Waals surface area contributed by atoms with Crippen LogP contribution in [0.3, 0.4) is 0 Å². The number of nitrogens with two attached hydrogens (primary N) is 1. The third-order valence-corrected chi connectivity index (χ3v) is 5.67. The fourth-order valence-corrected chi connectivity index (χ4v) is 3.86. The molecule has 3 N–H and O–H groups in total. The van der Waals surface area contributed by atoms with E-state index in [1.807, 2.05) is 26.1 Å². The molecule has 1 aliphatic rings. The van der Waals surface area contributed by atoms with Crippen molar-refractivity contribution in [1.29, 1.82) is 0 Å². The van der Waals surface area contributed by atoms with Crippen molar-refractivity contribution >= 4 is 17.4 Å². The maximum atomic E-state index is 12.5. The van der Waals surface area contributed by atoms with Crippen molar-refractivity contribution in [2.75, 3.05) is 5.73 Å². The van der Waals surface area contributed by atoms with Gasteiger partial charge in [-0.25, -0.2) is 14.6 Å². The Bertz CT molecular complexity index is 1260. The van der Waals surface area contributed by atoms with Crippen LogP contribution in [0, 0.1) is 13.8 Å². The van der Waals surface area contributed by atoms with Gasteiger partial charge in [-0.1, -0.05) is 11.3 Å². The monoisotopic (exact) mass is 416 g/mol. The minimum Gasteiger partial charge on any atom is -0.384 e. The zero-order valence-corrected chi connectivity index (χ0v) is 17.5. The zero-order chi connectivity index (χ0) is 21.5. The number of anilines is 1. The highest BCUT2D eigenvalue weighted by atomic mass is 16.2. The Morgan fingerprint density at radius 1 is 1.19 bits per heavy atom. The fourth-order valence-electron chi connectivity index (χ4n) is 3.86. The Morgan fingerprint density at radius 3 is 2.81 bits per heavy atom. The molecule has 5 rings (SSSR count). The third kappa shape index (κ3) is 3.98. The normalized spacial score (nSPS) is 13.6. The predicted molar refractivity (Wildman–Crippen MR) is 116 cm³/mol. The van der Waals surface area contributed by atoms with Crippen molar-refractivity contribution < 1.29 is 4.79 Å². The molecule has 9 heteroatoms. The van der Waals surface area contributed by atoms with Gasteiger partial charge < -0.3 is 15.5 Å². The highest BCUT2D eigenvalue weighted by Crippen LogP contribution is 2.39. The van der Waals surface area contributed by atoms with E-state index < -0.39 is 0 Å². The molecule has 4 aromatic heterocycles. The van der Waals surface area contributed by atoms with E-state index in [-0.39, 0.29) is 11.6 Å². The zero-order valence-electron chi connectivity index (χ0n) is 17.5. The first-order chi connectivity index (χ1) is 15.0. The first-order valence-corrected chi connectivity index (χ1v) is 10.3. The second-order valence-electron chi connectivity index (χ2n) is 8.15. The Kier molecular flexibility index (Phi) is 4.65. The molecule has 0 radical (unpaired) electrons. The number of nitrogen functional groups attached to an aromatic ring is 1. The molecule has 1 aliphatic carbocycles. The van der Waals surface area contributed by atoms with Crippen LogP contribution in [0.4, 0.5) is 5.82 Å². The smallest absolute Gasteiger partial charge is 0.273 e. The highest BCUT2D eigenvalue weighted by Gasteiger charge is 2.23. The first kappa shape index (κ1) is 19.2. The number of carbonyl (C=O) groups is 1. The molecular formula is C22H24N8O. The van der Waals surface area contributed by atoms with Gasteiger partial charge in [0.2, 0.25) is 0 Å². The summed E-state index contributed by atoms with van der Waals surface area (Å²) in [5.41, 5.74) is 11.9. The van der Waals surface area contributed by atoms with Crippen molar-refractivity contribution in [3.8, 4) is 0 Å². The third-order valence-electron chi connectivity index (χ3n) is 5.67. The molecule has 31 heavy (non-hydrogen) atoms. The van der Waals surface area contributed by atoms with E-state index in [9.17, 15) is 4.79 Å². The van der Waals surface area contributed by atoms with Crippen LogP contribution in [-0.4, -0.2) is 35.3 Å². The van der Waals surface area contributed by atoms with Crippen molar-refractivity contribution in [2.45, 2.75) is 45.7 Å². The van der Waals surface area contributed by atoms with Crippen LogP contribution in [-0.2, 0) is 13.1 Å². The van der Waals surface area contributed by atoms with E-state index in [2.05, 4.69) is 42.3 Å². The van der Waals surface area contributed by atoms with Gasteiger partial charge in [-0.05, 0) is 61.4 Å². The topological polar surface area (TPSA) is 116 Å². The SMILES string of the molecule is Cc1cc(N)nc(C)c1CNC(=O)c1cn(Cc2cn3cc(C4CC4)ccc3n2)nn1. The number of fused-ring (bicyclic) bond motifs is 1. The Morgan fingerprint density at radius 2 is 2.03 bits per heavy atom. The summed E-state index contributed by atoms with van der Waals surface area (Å²) in [5.74, 6) is 0.887. The van der Waals surface area contributed by atoms with Gasteiger partial charge in [0, 0.05) is 24.6 Å². The van der Waals surface area contributed by atoms with Gasteiger partial charge in [-0.3, -0.25) is 4.79 Å². The predicted octanol–water partition coefficient (Wildman–Crippen LogP) is 2.38. The molecule has 0 bridgehead atoms. The minimum atomic E-state index is -0.286. The van der Waals surface area contributed by atoms with Crippen molar-refractivity contribution in [3.63, 3.8) is 0 Å². The molecule has 9 nitrogen and oxygen atoms in total. The van der Waals surface area contributed by atoms with Gasteiger partial charge in [0.25, 0.3) is 5.91 Å². The fraction of sp³-hybridized carbons (Fsp3) is 0.318. The van der Waals surface area contributed by atoms with Gasteiger partial charge in [-0.2, -0.15) is 0 Å². The summed E-state index contributed by atoms with van der Waals surface area (Å²) in [7, 11) is 0. The summed E-state index contributed by atoms with van der Waals surface area (Å²) in [4.78, 5) is 21.4. The summed E-state index contributed by atoms with van der Waals surface area (Å²) in [6, 6.07) is 6.00. The molecule has 0 spiro atoms. The number of hydrogen-bond acceptors (Lipinski definition) is 6. The van der Waals surface area contributed by atoms with Gasteiger partial charge in [0.1, 0.15) is 11.5 Å². The minimum absolute atomic E-state index is 0.262. The second-order valence-corrected chi connectivity index (χ2v) is 8.15. The van der Waals surface area contributed by atoms with Crippen LogP contribution in [0.1, 0.15) is 57.3 Å². The lowest BCUT2D eigenvalue weighted by Gasteiger charge is -2.10. The molecule has 158 valence electrons. The number of rotatable bonds is 6. The number of carbonyl (C=O) groups excluding carboxylic acids is 1. The van der Waals surface area contributed by atoms with E-state index >= 15 is 0 Å². The molecule has 1 fully saturated rings. The average molecular weight is 416 g/mol. The van der Waals surface area contributed by atoms with Gasteiger partial charge >= 0.3 is 0 Å². The Hall–Kier alpha value is -3.75. The van der Waals surface area contributed by atoms with Crippen molar-refractivity contribution in [2.24, 2.45) is 0 Å². The van der Waals surface area contributed by atoms with Crippen molar-refractivity contribution in [3.05, 3.63) is 70.6 Å². The maximum absolute atomic E-state index is 12.5. The standard InChI is InChI=1S/C22H24N8O/c1-13-7-20(23)25-14(2)18(13)8-24-22(31)19-12-30(28-27-19)11-17-10-29-9-16(15-3-4-15)5-6-21(29)26-17/h5-7,9-10,12,15H,3-4,8,11H2,1-2H3,(H2,23,25)(H,24,31). The van der Waals surface area contributed by atoms with Gasteiger partial charge in [0.05, 0.1) is 18.4 Å². The molecule has 4 aromatic rings. The molecule has 0 saturated heterocycles. The van der Waals surface area contributed by atoms with Crippen LogP contribution >= 0.6 is 0 Å². The molecule has 0 aliphatic heterocycles. The van der Waals surface area contributed by atoms with Crippen LogP contribution in [0.15, 0.2) is 36.8 Å². The second kappa shape index (κ2) is 7.50. The molecule has 0 atom stereocenters. The summed E-state index contributed by atoms with van der Waals surface area (Å²) >= 11 is 0. The van der Waals surface area contributed by atoms with Crippen LogP contribution < -0.4 is 11.1 Å². The Balaban J connectivity index is 1.25. The number of nitrogens with zero attached hydrogens (tertiary/aromatic N) is 6. The number of amides is 1. The van der Waals surface area contributed by atoms with Crippen molar-refractivity contribution in [1.82, 2.24) is 34.7 Å². The number of aryl methyl sites for hydroxylation is 2. The number of aromatic nitrogens is 6. The number of imidazole rings is 1. The largest absolute Gasteiger partial charge is 0.384 e. The molecule has 0 aromatic carbocycles. The lowest BCUT2D eigenvalue weighted by Crippen LogP contribution is -2.24. The van der Waals surface area contributed by atoms with Crippen LogP contribution in [0.2, 0.25) is 0 Å². The number of hydrogen-bond donors (Lipinski definition) is 2. The number of pyridine rings is 2. The van der Waals surface area contributed by atoms with Gasteiger partial charge in [0.15, 0.2) is 5.69 Å². The number of nitrogens with one attached hydrogen (secondary N) is 1. The quantitative estimate of drug-likeness (QED) is 0.498. The highest BCUT2D eigenvalue weighted by molar-refractivity contribution is 5.91. The lowest BCUT2D eigenvalue weighted by atomic mass is 10.1. The molecule has 4 heterocycles. The summed E-state index contributed by atoms with van der Waals surface area (Å²) in [6.45, 7) is 4.63. The average Bonchev–Trinajstić information content (AvgIpc) is 3.34. The van der Waals surface area contributed by atoms with E-state index in [4.69, 9.17) is 5.73 Å². The molecule has 1 saturated carbocycles. The van der Waals surface area contributed by atoms with E-state index in [1.54, 1.807) is 16.9 Å². The van der Waals surface area contributed by atoms with Gasteiger partial charge in [-0.15, -0.1) is 5.10 Å². The lowest BCUT2D eigenvalue weighted by molar-refractivity contribution is 0.0945.